The van der Waals surface area contributed by atoms with Gasteiger partial charge in [-0.15, -0.1) is 0 Å². The lowest BCUT2D eigenvalue weighted by Crippen LogP contribution is -2.55. The quantitative estimate of drug-likeness (QED) is 0.788. The number of aliphatic hydroxyl groups excluding tert-OH is 1. The van der Waals surface area contributed by atoms with E-state index in [1.165, 1.54) is 0 Å². The Balaban J connectivity index is 1.92. The number of unbranched alkanes of at least 4 members (excludes halogenated alkanes) is 2. The summed E-state index contributed by atoms with van der Waals surface area (Å²) in [5.74, 6) is -1.23. The first-order valence-corrected chi connectivity index (χ1v) is 7.78. The molecule has 0 aromatic heterocycles. The van der Waals surface area contributed by atoms with E-state index in [1.54, 1.807) is 0 Å². The summed E-state index contributed by atoms with van der Waals surface area (Å²) in [5, 5.41) is 9.49. The number of halogens is 3. The Hall–Kier alpha value is -0.290. The molecular weight excluding hydrogens is 269 g/mol. The van der Waals surface area contributed by atoms with E-state index >= 15 is 0 Å². The van der Waals surface area contributed by atoms with Crippen LogP contribution < -0.4 is 0 Å². The molecule has 2 rings (SSSR count). The Morgan fingerprint density at radius 1 is 1.05 bits per heavy atom. The number of ether oxygens (including phenoxy) is 1. The lowest BCUT2D eigenvalue weighted by molar-refractivity contribution is -0.141. The Kier molecular flexibility index (Phi) is 5.73. The van der Waals surface area contributed by atoms with Crippen LogP contribution in [0, 0.1) is 11.8 Å². The molecule has 0 heterocycles. The van der Waals surface area contributed by atoms with Crippen LogP contribution in [0.3, 0.4) is 0 Å². The first-order valence-electron chi connectivity index (χ1n) is 7.78. The monoisotopic (exact) mass is 294 g/mol. The topological polar surface area (TPSA) is 29.5 Å². The van der Waals surface area contributed by atoms with Crippen molar-refractivity contribution in [3.05, 3.63) is 0 Å². The van der Waals surface area contributed by atoms with Gasteiger partial charge in [-0.25, -0.2) is 13.2 Å². The van der Waals surface area contributed by atoms with Gasteiger partial charge in [0.1, 0.15) is 12.3 Å². The first kappa shape index (κ1) is 16.1. The molecule has 0 aliphatic heterocycles. The number of alkyl halides is 3. The largest absolute Gasteiger partial charge is 0.390 e. The zero-order chi connectivity index (χ0) is 14.7. The minimum Gasteiger partial charge on any atom is -0.390 e. The summed E-state index contributed by atoms with van der Waals surface area (Å²) >= 11 is 0. The van der Waals surface area contributed by atoms with Crippen molar-refractivity contribution in [2.45, 2.75) is 76.2 Å². The lowest BCUT2D eigenvalue weighted by atomic mass is 9.66. The number of rotatable bonds is 5. The van der Waals surface area contributed by atoms with E-state index in [4.69, 9.17) is 4.74 Å². The Morgan fingerprint density at radius 2 is 1.80 bits per heavy atom. The second-order valence-electron chi connectivity index (χ2n) is 6.17. The van der Waals surface area contributed by atoms with Gasteiger partial charge in [0.15, 0.2) is 6.17 Å². The van der Waals surface area contributed by atoms with Crippen molar-refractivity contribution >= 4 is 0 Å². The summed E-state index contributed by atoms with van der Waals surface area (Å²) < 4.78 is 47.6. The van der Waals surface area contributed by atoms with Gasteiger partial charge in [0, 0.05) is 12.5 Å². The molecule has 5 heteroatoms. The zero-order valence-electron chi connectivity index (χ0n) is 12.0. The summed E-state index contributed by atoms with van der Waals surface area (Å²) in [6, 6.07) is 0. The van der Waals surface area contributed by atoms with Crippen molar-refractivity contribution in [1.29, 1.82) is 0 Å². The highest BCUT2D eigenvalue weighted by Crippen LogP contribution is 2.45. The van der Waals surface area contributed by atoms with Gasteiger partial charge in [0.2, 0.25) is 0 Å². The molecule has 0 aromatic rings. The fourth-order valence-electron chi connectivity index (χ4n) is 3.56. The van der Waals surface area contributed by atoms with Crippen LogP contribution in [0.15, 0.2) is 0 Å². The Bertz CT molecular complexity index is 301. The third-order valence-corrected chi connectivity index (χ3v) is 4.75. The summed E-state index contributed by atoms with van der Waals surface area (Å²) in [7, 11) is 0. The van der Waals surface area contributed by atoms with Crippen molar-refractivity contribution in [3.63, 3.8) is 0 Å². The summed E-state index contributed by atoms with van der Waals surface area (Å²) in [5.41, 5.74) is 0. The predicted molar refractivity (Wildman–Crippen MR) is 70.8 cm³/mol. The maximum Gasteiger partial charge on any atom is 0.157 e. The number of hydrogen-bond acceptors (Lipinski definition) is 2. The smallest absolute Gasteiger partial charge is 0.157 e. The third-order valence-electron chi connectivity index (χ3n) is 4.75. The Labute approximate surface area is 118 Å². The van der Waals surface area contributed by atoms with E-state index in [9.17, 15) is 18.3 Å². The molecule has 0 aromatic carbocycles. The SMILES string of the molecule is CCCCCOC1CC2CCC(O)C(F)C2C(F)C1F. The number of fused-ring (bicyclic) bond motifs is 1. The van der Waals surface area contributed by atoms with E-state index in [2.05, 4.69) is 6.92 Å². The molecule has 2 nitrogen and oxygen atoms in total. The summed E-state index contributed by atoms with van der Waals surface area (Å²) in [6.45, 7) is 2.50. The molecular formula is C15H25F3O2. The predicted octanol–water partition coefficient (Wildman–Crippen LogP) is 3.37. The highest BCUT2D eigenvalue weighted by Gasteiger charge is 2.52. The van der Waals surface area contributed by atoms with Crippen LogP contribution in [0.2, 0.25) is 0 Å². The molecule has 2 aliphatic rings. The summed E-state index contributed by atoms with van der Waals surface area (Å²) in [6.07, 6.45) is -3.06. The fourth-order valence-corrected chi connectivity index (χ4v) is 3.56. The Morgan fingerprint density at radius 3 is 2.50 bits per heavy atom. The summed E-state index contributed by atoms with van der Waals surface area (Å²) in [4.78, 5) is 0. The van der Waals surface area contributed by atoms with Crippen molar-refractivity contribution in [2.24, 2.45) is 11.8 Å². The number of aliphatic hydroxyl groups is 1. The molecule has 0 spiro atoms. The van der Waals surface area contributed by atoms with Gasteiger partial charge >= 0.3 is 0 Å². The standard InChI is InChI=1S/C15H25F3O2/c1-2-3-4-7-20-11-8-9-5-6-10(19)13(16)12(9)15(18)14(11)17/h9-15,19H,2-8H2,1H3. The molecule has 20 heavy (non-hydrogen) atoms. The average molecular weight is 294 g/mol. The van der Waals surface area contributed by atoms with E-state index in [-0.39, 0.29) is 5.92 Å². The molecule has 0 radical (unpaired) electrons. The maximum absolute atomic E-state index is 14.2. The first-order chi connectivity index (χ1) is 9.56. The molecule has 1 N–H and O–H groups in total. The van der Waals surface area contributed by atoms with Gasteiger partial charge in [-0.2, -0.15) is 0 Å². The van der Waals surface area contributed by atoms with E-state index in [0.29, 0.717) is 25.9 Å². The van der Waals surface area contributed by atoms with Gasteiger partial charge in [-0.05, 0) is 31.6 Å². The van der Waals surface area contributed by atoms with Crippen LogP contribution in [0.4, 0.5) is 13.2 Å². The number of hydrogen-bond donors (Lipinski definition) is 1. The van der Waals surface area contributed by atoms with E-state index < -0.39 is 36.6 Å². The zero-order valence-corrected chi connectivity index (χ0v) is 12.0. The second-order valence-corrected chi connectivity index (χ2v) is 6.17. The van der Waals surface area contributed by atoms with Gasteiger partial charge in [-0.1, -0.05) is 19.8 Å². The van der Waals surface area contributed by atoms with E-state index in [0.717, 1.165) is 19.3 Å². The van der Waals surface area contributed by atoms with Gasteiger partial charge < -0.3 is 9.84 Å². The van der Waals surface area contributed by atoms with Gasteiger partial charge in [-0.3, -0.25) is 0 Å². The highest BCUT2D eigenvalue weighted by molar-refractivity contribution is 5.00. The van der Waals surface area contributed by atoms with Crippen molar-refractivity contribution in [2.75, 3.05) is 6.61 Å². The normalized spacial score (nSPS) is 45.1. The van der Waals surface area contributed by atoms with Crippen molar-refractivity contribution < 1.29 is 23.0 Å². The van der Waals surface area contributed by atoms with Crippen molar-refractivity contribution in [3.8, 4) is 0 Å². The minimum atomic E-state index is -1.87. The highest BCUT2D eigenvalue weighted by atomic mass is 19.2. The molecule has 2 aliphatic carbocycles. The maximum atomic E-state index is 14.2. The molecule has 118 valence electrons. The third kappa shape index (κ3) is 3.30. The van der Waals surface area contributed by atoms with Crippen LogP contribution in [0.5, 0.6) is 0 Å². The minimum absolute atomic E-state index is 0.216. The van der Waals surface area contributed by atoms with Gasteiger partial charge in [0.05, 0.1) is 12.2 Å². The molecule has 0 amide bonds. The molecule has 0 saturated heterocycles. The molecule has 2 fully saturated rings. The van der Waals surface area contributed by atoms with Crippen LogP contribution in [0.25, 0.3) is 0 Å². The van der Waals surface area contributed by atoms with Gasteiger partial charge in [0.25, 0.3) is 0 Å². The fraction of sp³-hybridized carbons (Fsp3) is 1.00. The van der Waals surface area contributed by atoms with Crippen LogP contribution in [0.1, 0.15) is 45.4 Å². The van der Waals surface area contributed by atoms with Crippen LogP contribution >= 0.6 is 0 Å². The molecule has 7 unspecified atom stereocenters. The van der Waals surface area contributed by atoms with Crippen LogP contribution in [-0.4, -0.2) is 42.4 Å². The molecule has 7 atom stereocenters. The average Bonchev–Trinajstić information content (AvgIpc) is 2.44. The lowest BCUT2D eigenvalue weighted by Gasteiger charge is -2.45. The van der Waals surface area contributed by atoms with Crippen LogP contribution in [-0.2, 0) is 4.74 Å². The molecule has 0 bridgehead atoms. The molecule has 2 saturated carbocycles. The second kappa shape index (κ2) is 7.12. The van der Waals surface area contributed by atoms with Crippen molar-refractivity contribution in [1.82, 2.24) is 0 Å². The van der Waals surface area contributed by atoms with E-state index in [1.807, 2.05) is 0 Å².